The fourth-order valence-electron chi connectivity index (χ4n) is 2.39. The average Bonchev–Trinajstić information content (AvgIpc) is 2.85. The summed E-state index contributed by atoms with van der Waals surface area (Å²) in [6.07, 6.45) is 0. The summed E-state index contributed by atoms with van der Waals surface area (Å²) in [4.78, 5) is 27.1. The van der Waals surface area contributed by atoms with E-state index in [1.807, 2.05) is 19.2 Å². The van der Waals surface area contributed by atoms with Crippen LogP contribution in [0.2, 0.25) is 10.0 Å². The molecule has 1 heterocycles. The van der Waals surface area contributed by atoms with Gasteiger partial charge in [-0.25, -0.2) is 14.2 Å². The maximum absolute atomic E-state index is 12.5. The second-order valence-electron chi connectivity index (χ2n) is 5.21. The number of carbonyl (C=O) groups is 1. The number of carbonyl (C=O) groups excluding carboxylic acids is 1. The van der Waals surface area contributed by atoms with Crippen LogP contribution in [0.25, 0.3) is 11.0 Å². The predicted octanol–water partition coefficient (Wildman–Crippen LogP) is 3.86. The summed E-state index contributed by atoms with van der Waals surface area (Å²) < 4.78 is 0.985. The first-order chi connectivity index (χ1) is 11.5. The van der Waals surface area contributed by atoms with Crippen LogP contribution in [-0.4, -0.2) is 22.6 Å². The number of hydrogen-bond acceptors (Lipinski definition) is 3. The van der Waals surface area contributed by atoms with Crippen molar-refractivity contribution in [2.24, 2.45) is 0 Å². The lowest BCUT2D eigenvalue weighted by molar-refractivity contribution is 0.253. The lowest BCUT2D eigenvalue weighted by Crippen LogP contribution is -2.29. The van der Waals surface area contributed by atoms with Crippen molar-refractivity contribution >= 4 is 58.4 Å². The molecule has 0 aliphatic carbocycles. The summed E-state index contributed by atoms with van der Waals surface area (Å²) in [5.41, 5.74) is 1.91. The van der Waals surface area contributed by atoms with Crippen LogP contribution < -0.4 is 16.3 Å². The first-order valence-electron chi connectivity index (χ1n) is 7.14. The summed E-state index contributed by atoms with van der Waals surface area (Å²) in [6.45, 7) is 0.732. The molecular weight excluding hydrogens is 387 g/mol. The van der Waals surface area contributed by atoms with Crippen molar-refractivity contribution in [3.05, 3.63) is 62.5 Å². The molecule has 3 rings (SSSR count). The van der Waals surface area contributed by atoms with E-state index in [0.717, 1.165) is 16.7 Å². The van der Waals surface area contributed by atoms with Crippen LogP contribution in [0.3, 0.4) is 0 Å². The first kappa shape index (κ1) is 19.3. The Hall–Kier alpha value is -1.99. The van der Waals surface area contributed by atoms with E-state index in [-0.39, 0.29) is 17.4 Å². The van der Waals surface area contributed by atoms with Crippen molar-refractivity contribution in [3.63, 3.8) is 0 Å². The van der Waals surface area contributed by atoms with Crippen molar-refractivity contribution in [1.82, 2.24) is 14.9 Å². The maximum atomic E-state index is 12.5. The quantitative estimate of drug-likeness (QED) is 0.623. The molecule has 0 aliphatic rings. The van der Waals surface area contributed by atoms with Crippen LogP contribution >= 0.6 is 35.6 Å². The number of H-pyrrole nitrogens is 1. The van der Waals surface area contributed by atoms with Crippen LogP contribution in [0.5, 0.6) is 0 Å². The number of nitrogens with zero attached hydrogens (tertiary/aromatic N) is 1. The van der Waals surface area contributed by atoms with Gasteiger partial charge in [-0.05, 0) is 36.9 Å². The highest BCUT2D eigenvalue weighted by molar-refractivity contribution is 6.42. The van der Waals surface area contributed by atoms with E-state index in [1.165, 1.54) is 12.1 Å². The number of imidazole rings is 1. The van der Waals surface area contributed by atoms with Crippen LogP contribution in [0.1, 0.15) is 5.56 Å². The van der Waals surface area contributed by atoms with Gasteiger partial charge in [0.2, 0.25) is 0 Å². The number of anilines is 1. The molecule has 9 heteroatoms. The molecule has 1 aromatic heterocycles. The van der Waals surface area contributed by atoms with Gasteiger partial charge in [0.25, 0.3) is 0 Å². The monoisotopic (exact) mass is 400 g/mol. The highest BCUT2D eigenvalue weighted by Gasteiger charge is 2.15. The van der Waals surface area contributed by atoms with Crippen LogP contribution in [0.4, 0.5) is 10.5 Å². The number of amides is 1. The summed E-state index contributed by atoms with van der Waals surface area (Å²) in [5, 5.41) is 6.30. The summed E-state index contributed by atoms with van der Waals surface area (Å²) in [6, 6.07) is 9.74. The molecule has 3 aromatic rings. The summed E-state index contributed by atoms with van der Waals surface area (Å²) in [7, 11) is 1.86. The maximum Gasteiger partial charge on any atom is 0.334 e. The van der Waals surface area contributed by atoms with Crippen LogP contribution in [-0.2, 0) is 6.54 Å². The van der Waals surface area contributed by atoms with Crippen LogP contribution in [0.15, 0.2) is 41.2 Å². The minimum absolute atomic E-state index is 0. The highest BCUT2D eigenvalue weighted by Crippen LogP contribution is 2.26. The van der Waals surface area contributed by atoms with E-state index in [0.29, 0.717) is 21.7 Å². The Kier molecular flexibility index (Phi) is 6.13. The Bertz CT molecular complexity index is 964. The van der Waals surface area contributed by atoms with Gasteiger partial charge in [0, 0.05) is 12.2 Å². The van der Waals surface area contributed by atoms with E-state index >= 15 is 0 Å². The summed E-state index contributed by atoms with van der Waals surface area (Å²) >= 11 is 11.9. The van der Waals surface area contributed by atoms with E-state index < -0.39 is 11.7 Å². The van der Waals surface area contributed by atoms with Crippen LogP contribution in [0, 0.1) is 0 Å². The number of rotatable bonds is 3. The van der Waals surface area contributed by atoms with E-state index in [2.05, 4.69) is 15.6 Å². The zero-order valence-corrected chi connectivity index (χ0v) is 15.4. The summed E-state index contributed by atoms with van der Waals surface area (Å²) in [5.74, 6) is 0. The third kappa shape index (κ3) is 3.99. The lowest BCUT2D eigenvalue weighted by Gasteiger charge is -2.07. The fourth-order valence-corrected chi connectivity index (χ4v) is 2.71. The molecule has 0 atom stereocenters. The van der Waals surface area contributed by atoms with Gasteiger partial charge in [-0.3, -0.25) is 0 Å². The molecule has 3 N–H and O–H groups in total. The van der Waals surface area contributed by atoms with Gasteiger partial charge < -0.3 is 15.6 Å². The number of fused-ring (bicyclic) bond motifs is 1. The minimum atomic E-state index is -0.578. The second-order valence-corrected chi connectivity index (χ2v) is 6.02. The smallest absolute Gasteiger partial charge is 0.316 e. The molecule has 1 amide bonds. The van der Waals surface area contributed by atoms with Gasteiger partial charge in [0.15, 0.2) is 0 Å². The molecule has 0 saturated carbocycles. The Balaban J connectivity index is 0.00000225. The van der Waals surface area contributed by atoms with Crippen molar-refractivity contribution in [1.29, 1.82) is 0 Å². The molecule has 0 bridgehead atoms. The minimum Gasteiger partial charge on any atom is -0.316 e. The van der Waals surface area contributed by atoms with Crippen molar-refractivity contribution in [3.8, 4) is 0 Å². The van der Waals surface area contributed by atoms with E-state index in [4.69, 9.17) is 23.2 Å². The SMILES string of the molecule is CNCc1ccc(NC(=O)n2c(=O)[nH]c3cc(Cl)c(Cl)cc32)cc1.Cl. The van der Waals surface area contributed by atoms with Gasteiger partial charge in [-0.15, -0.1) is 12.4 Å². The van der Waals surface area contributed by atoms with Crippen molar-refractivity contribution < 1.29 is 4.79 Å². The predicted molar refractivity (Wildman–Crippen MR) is 103 cm³/mol. The Morgan fingerprint density at radius 1 is 1.16 bits per heavy atom. The fraction of sp³-hybridized carbons (Fsp3) is 0.125. The molecule has 0 aliphatic heterocycles. The molecule has 0 saturated heterocycles. The van der Waals surface area contributed by atoms with Gasteiger partial charge in [0.1, 0.15) is 0 Å². The molecule has 6 nitrogen and oxygen atoms in total. The van der Waals surface area contributed by atoms with E-state index in [9.17, 15) is 9.59 Å². The molecule has 0 unspecified atom stereocenters. The van der Waals surface area contributed by atoms with Gasteiger partial charge in [0.05, 0.1) is 21.1 Å². The first-order valence-corrected chi connectivity index (χ1v) is 7.90. The number of benzene rings is 2. The third-order valence-electron chi connectivity index (χ3n) is 3.51. The topological polar surface area (TPSA) is 78.9 Å². The highest BCUT2D eigenvalue weighted by atomic mass is 35.5. The van der Waals surface area contributed by atoms with Gasteiger partial charge in [-0.1, -0.05) is 35.3 Å². The average molecular weight is 402 g/mol. The van der Waals surface area contributed by atoms with E-state index in [1.54, 1.807) is 12.1 Å². The van der Waals surface area contributed by atoms with Gasteiger partial charge >= 0.3 is 11.7 Å². The molecule has 0 radical (unpaired) electrons. The number of aromatic nitrogens is 2. The largest absolute Gasteiger partial charge is 0.334 e. The lowest BCUT2D eigenvalue weighted by atomic mass is 10.2. The van der Waals surface area contributed by atoms with Gasteiger partial charge in [-0.2, -0.15) is 0 Å². The van der Waals surface area contributed by atoms with Crippen molar-refractivity contribution in [2.75, 3.05) is 12.4 Å². The molecule has 132 valence electrons. The number of halogens is 3. The molecule has 2 aromatic carbocycles. The molecule has 0 spiro atoms. The third-order valence-corrected chi connectivity index (χ3v) is 4.24. The Labute approximate surface area is 159 Å². The molecular formula is C16H15Cl3N4O2. The number of hydrogen-bond donors (Lipinski definition) is 3. The number of nitrogens with one attached hydrogen (secondary N) is 3. The second kappa shape index (κ2) is 7.93. The molecule has 25 heavy (non-hydrogen) atoms. The number of aromatic amines is 1. The van der Waals surface area contributed by atoms with Crippen molar-refractivity contribution in [2.45, 2.75) is 6.54 Å². The molecule has 0 fully saturated rings. The standard InChI is InChI=1S/C16H14Cl2N4O2.ClH/c1-19-8-9-2-4-10(5-3-9)20-15(23)22-14-7-12(18)11(17)6-13(14)21-16(22)24;/h2-7,19H,8H2,1H3,(H,20,23)(H,21,24);1H. The Morgan fingerprint density at radius 2 is 1.80 bits per heavy atom. The normalized spacial score (nSPS) is 10.5. The zero-order chi connectivity index (χ0) is 17.3. The Morgan fingerprint density at radius 3 is 2.44 bits per heavy atom. The zero-order valence-electron chi connectivity index (χ0n) is 13.1.